The van der Waals surface area contributed by atoms with Crippen molar-refractivity contribution in [3.63, 3.8) is 0 Å². The van der Waals surface area contributed by atoms with E-state index < -0.39 is 4.92 Å². The first-order valence-corrected chi connectivity index (χ1v) is 6.66. The Morgan fingerprint density at radius 3 is 2.79 bits per heavy atom. The molecule has 1 saturated heterocycles. The largest absolute Gasteiger partial charge is 0.396 e. The fourth-order valence-corrected chi connectivity index (χ4v) is 2.61. The van der Waals surface area contributed by atoms with E-state index in [1.807, 2.05) is 0 Å². The van der Waals surface area contributed by atoms with Crippen LogP contribution in [-0.2, 0) is 4.79 Å². The fourth-order valence-electron chi connectivity index (χ4n) is 2.06. The van der Waals surface area contributed by atoms with Crippen molar-refractivity contribution in [2.75, 3.05) is 18.1 Å². The molecule has 0 radical (unpaired) electrons. The van der Waals surface area contributed by atoms with Gasteiger partial charge >= 0.3 is 5.69 Å². The van der Waals surface area contributed by atoms with E-state index in [1.54, 1.807) is 6.07 Å². The summed E-state index contributed by atoms with van der Waals surface area (Å²) < 4.78 is 0.398. The first-order valence-electron chi connectivity index (χ1n) is 5.49. The minimum absolute atomic E-state index is 0.0391. The van der Waals surface area contributed by atoms with Crippen LogP contribution in [0.2, 0.25) is 5.02 Å². The topological polar surface area (TPSA) is 83.7 Å². The Morgan fingerprint density at radius 2 is 2.26 bits per heavy atom. The summed E-state index contributed by atoms with van der Waals surface area (Å²) >= 11 is 9.03. The SMILES string of the molecule is O=C1CC(CO)CN1c1ccc(Br)c(Cl)c1[N+](=O)[O-]. The van der Waals surface area contributed by atoms with Crippen LogP contribution in [0, 0.1) is 16.0 Å². The number of benzene rings is 1. The number of aliphatic hydroxyl groups excluding tert-OH is 1. The van der Waals surface area contributed by atoms with Crippen LogP contribution in [0.3, 0.4) is 0 Å². The van der Waals surface area contributed by atoms with E-state index >= 15 is 0 Å². The van der Waals surface area contributed by atoms with Crippen LogP contribution in [-0.4, -0.2) is 29.1 Å². The average molecular weight is 350 g/mol. The zero-order valence-electron chi connectivity index (χ0n) is 9.68. The lowest BCUT2D eigenvalue weighted by molar-refractivity contribution is -0.384. The first kappa shape index (κ1) is 14.2. The molecule has 102 valence electrons. The van der Waals surface area contributed by atoms with Gasteiger partial charge in [0.15, 0.2) is 0 Å². The Kier molecular flexibility index (Phi) is 4.07. The van der Waals surface area contributed by atoms with Crippen LogP contribution in [0.4, 0.5) is 11.4 Å². The Hall–Kier alpha value is -1.18. The maximum absolute atomic E-state index is 11.9. The van der Waals surface area contributed by atoms with Gasteiger partial charge in [0.1, 0.15) is 10.7 Å². The van der Waals surface area contributed by atoms with Gasteiger partial charge in [-0.1, -0.05) is 11.6 Å². The predicted molar refractivity (Wildman–Crippen MR) is 73.4 cm³/mol. The molecule has 0 saturated carbocycles. The number of nitro groups is 1. The molecule has 1 amide bonds. The van der Waals surface area contributed by atoms with E-state index in [0.717, 1.165) is 0 Å². The summed E-state index contributed by atoms with van der Waals surface area (Å²) in [4.78, 5) is 23.7. The number of anilines is 1. The molecule has 6 nitrogen and oxygen atoms in total. The number of carbonyl (C=O) groups excluding carboxylic acids is 1. The monoisotopic (exact) mass is 348 g/mol. The van der Waals surface area contributed by atoms with Gasteiger partial charge in [0.2, 0.25) is 5.91 Å². The zero-order valence-corrected chi connectivity index (χ0v) is 12.0. The highest BCUT2D eigenvalue weighted by Gasteiger charge is 2.35. The van der Waals surface area contributed by atoms with E-state index in [9.17, 15) is 14.9 Å². The summed E-state index contributed by atoms with van der Waals surface area (Å²) in [5.74, 6) is -0.449. The smallest absolute Gasteiger partial charge is 0.312 e. The molecule has 1 N–H and O–H groups in total. The molecule has 0 spiro atoms. The number of rotatable bonds is 3. The summed E-state index contributed by atoms with van der Waals surface area (Å²) in [5, 5.41) is 20.2. The highest BCUT2D eigenvalue weighted by Crippen LogP contribution is 2.41. The van der Waals surface area contributed by atoms with Gasteiger partial charge in [0, 0.05) is 30.0 Å². The Labute approximate surface area is 122 Å². The number of hydrogen-bond donors (Lipinski definition) is 1. The van der Waals surface area contributed by atoms with E-state index in [2.05, 4.69) is 15.9 Å². The van der Waals surface area contributed by atoms with E-state index in [0.29, 0.717) is 4.47 Å². The molecular weight excluding hydrogens is 339 g/mol. The number of hydrogen-bond acceptors (Lipinski definition) is 4. The number of amides is 1. The minimum Gasteiger partial charge on any atom is -0.396 e. The summed E-state index contributed by atoms with van der Waals surface area (Å²) in [6, 6.07) is 3.04. The van der Waals surface area contributed by atoms with Crippen molar-refractivity contribution in [2.45, 2.75) is 6.42 Å². The van der Waals surface area contributed by atoms with Crippen molar-refractivity contribution in [1.82, 2.24) is 0 Å². The molecule has 0 aliphatic carbocycles. The summed E-state index contributed by atoms with van der Waals surface area (Å²) in [7, 11) is 0. The van der Waals surface area contributed by atoms with E-state index in [4.69, 9.17) is 16.7 Å². The highest BCUT2D eigenvalue weighted by atomic mass is 79.9. The third-order valence-corrected chi connectivity index (χ3v) is 4.26. The molecule has 2 rings (SSSR count). The summed E-state index contributed by atoms with van der Waals surface area (Å²) in [5.41, 5.74) is -0.137. The van der Waals surface area contributed by atoms with Gasteiger partial charge < -0.3 is 10.0 Å². The third-order valence-electron chi connectivity index (χ3n) is 2.98. The van der Waals surface area contributed by atoms with Crippen molar-refractivity contribution in [1.29, 1.82) is 0 Å². The van der Waals surface area contributed by atoms with Crippen LogP contribution in [0.15, 0.2) is 16.6 Å². The second kappa shape index (κ2) is 5.44. The normalized spacial score (nSPS) is 19.0. The molecule has 1 unspecified atom stereocenters. The van der Waals surface area contributed by atoms with Gasteiger partial charge in [0.25, 0.3) is 0 Å². The molecule has 1 fully saturated rings. The van der Waals surface area contributed by atoms with E-state index in [-0.39, 0.29) is 47.8 Å². The van der Waals surface area contributed by atoms with Gasteiger partial charge in [-0.3, -0.25) is 14.9 Å². The third kappa shape index (κ3) is 2.58. The van der Waals surface area contributed by atoms with Crippen molar-refractivity contribution >= 4 is 44.8 Å². The molecule has 1 aliphatic heterocycles. The maximum Gasteiger partial charge on any atom is 0.312 e. The minimum atomic E-state index is -0.609. The van der Waals surface area contributed by atoms with E-state index in [1.165, 1.54) is 11.0 Å². The van der Waals surface area contributed by atoms with Crippen molar-refractivity contribution in [2.24, 2.45) is 5.92 Å². The number of carbonyl (C=O) groups is 1. The molecule has 1 atom stereocenters. The molecule has 1 aromatic carbocycles. The summed E-state index contributed by atoms with van der Waals surface area (Å²) in [6.45, 7) is 0.133. The quantitative estimate of drug-likeness (QED) is 0.670. The van der Waals surface area contributed by atoms with Crippen molar-refractivity contribution < 1.29 is 14.8 Å². The lowest BCUT2D eigenvalue weighted by Gasteiger charge is -2.17. The molecule has 19 heavy (non-hydrogen) atoms. The fraction of sp³-hybridized carbons (Fsp3) is 0.364. The molecule has 8 heteroatoms. The van der Waals surface area contributed by atoms with Crippen LogP contribution in [0.1, 0.15) is 6.42 Å². The lowest BCUT2D eigenvalue weighted by Crippen LogP contribution is -2.25. The number of halogens is 2. The van der Waals surface area contributed by atoms with Crippen molar-refractivity contribution in [3.05, 3.63) is 31.7 Å². The van der Waals surface area contributed by atoms with Crippen molar-refractivity contribution in [3.8, 4) is 0 Å². The number of nitro benzene ring substituents is 1. The van der Waals surface area contributed by atoms with Crippen LogP contribution in [0.5, 0.6) is 0 Å². The lowest BCUT2D eigenvalue weighted by atomic mass is 10.1. The molecule has 1 aromatic rings. The van der Waals surface area contributed by atoms with Crippen LogP contribution in [0.25, 0.3) is 0 Å². The number of aliphatic hydroxyl groups is 1. The molecular formula is C11H10BrClN2O4. The molecule has 1 heterocycles. The second-order valence-electron chi connectivity index (χ2n) is 4.24. The standard InChI is InChI=1S/C11H10BrClN2O4/c12-7-1-2-8(11(10(7)13)15(18)19)14-4-6(5-16)3-9(14)17/h1-2,6,16H,3-5H2. The summed E-state index contributed by atoms with van der Waals surface area (Å²) in [6.07, 6.45) is 0.182. The van der Waals surface area contributed by atoms with Gasteiger partial charge in [-0.05, 0) is 28.1 Å². The molecule has 1 aliphatic rings. The van der Waals surface area contributed by atoms with Gasteiger partial charge in [-0.15, -0.1) is 0 Å². The van der Waals surface area contributed by atoms with Gasteiger partial charge in [-0.2, -0.15) is 0 Å². The maximum atomic E-state index is 11.9. The molecule has 0 bridgehead atoms. The Balaban J connectivity index is 2.49. The Morgan fingerprint density at radius 1 is 1.58 bits per heavy atom. The average Bonchev–Trinajstić information content (AvgIpc) is 2.73. The second-order valence-corrected chi connectivity index (χ2v) is 5.48. The van der Waals surface area contributed by atoms with Crippen LogP contribution < -0.4 is 4.90 Å². The Bertz CT molecular complexity index is 552. The van der Waals surface area contributed by atoms with Gasteiger partial charge in [-0.25, -0.2) is 0 Å². The molecule has 0 aromatic heterocycles. The number of nitrogens with zero attached hydrogens (tertiary/aromatic N) is 2. The van der Waals surface area contributed by atoms with Gasteiger partial charge in [0.05, 0.1) is 4.92 Å². The highest BCUT2D eigenvalue weighted by molar-refractivity contribution is 9.10. The first-order chi connectivity index (χ1) is 8.95. The van der Waals surface area contributed by atoms with Crippen LogP contribution >= 0.6 is 27.5 Å². The zero-order chi connectivity index (χ0) is 14.2. The predicted octanol–water partition coefficient (Wildman–Crippen LogP) is 2.36.